The number of aliphatic hydroxyl groups excluding tert-OH is 1. The van der Waals surface area contributed by atoms with Gasteiger partial charge in [0, 0.05) is 68.2 Å². The number of pyridine rings is 1. The van der Waals surface area contributed by atoms with Crippen LogP contribution in [-0.4, -0.2) is 87.1 Å². The number of aromatic nitrogens is 2. The molecular weight excluding hydrogens is 490 g/mol. The second kappa shape index (κ2) is 11.1. The van der Waals surface area contributed by atoms with Crippen LogP contribution in [0.2, 0.25) is 5.02 Å². The lowest BCUT2D eigenvalue weighted by Crippen LogP contribution is -2.52. The van der Waals surface area contributed by atoms with Gasteiger partial charge >= 0.3 is 0 Å². The maximum absolute atomic E-state index is 13.4. The molecule has 3 aliphatic heterocycles. The van der Waals surface area contributed by atoms with Gasteiger partial charge in [-0.3, -0.25) is 14.6 Å². The van der Waals surface area contributed by atoms with Crippen molar-refractivity contribution in [1.82, 2.24) is 24.1 Å². The first-order chi connectivity index (χ1) is 17.9. The Morgan fingerprint density at radius 2 is 2.00 bits per heavy atom. The molecule has 37 heavy (non-hydrogen) atoms. The first kappa shape index (κ1) is 25.5. The topological polar surface area (TPSA) is 73.6 Å². The number of allylic oxidation sites excluding steroid dienone is 6. The molecule has 0 radical (unpaired) electrons. The third-order valence-electron chi connectivity index (χ3n) is 6.87. The summed E-state index contributed by atoms with van der Waals surface area (Å²) in [6, 6.07) is 2.20. The minimum absolute atomic E-state index is 0.0508. The van der Waals surface area contributed by atoms with Gasteiger partial charge in [-0.1, -0.05) is 23.8 Å². The number of carbonyl (C=O) groups is 1. The number of carbonyl (C=O) groups excluding carboxylic acids is 1. The molecule has 1 amide bonds. The lowest BCUT2D eigenvalue weighted by Gasteiger charge is -2.42. The van der Waals surface area contributed by atoms with Crippen LogP contribution in [0.4, 0.5) is 0 Å². The minimum atomic E-state index is -0.113. The SMILES string of the molecule is Cc1cn2cc(C3=CC(=O)N4C=C(N5CCN(CCOCCO)[C@@H](C)C5)C=C/C4=C\C=C3)cc(Cl)c2n1. The summed E-state index contributed by atoms with van der Waals surface area (Å²) in [6.45, 7) is 8.66. The molecule has 9 heteroatoms. The molecule has 0 aliphatic carbocycles. The monoisotopic (exact) mass is 521 g/mol. The van der Waals surface area contributed by atoms with Crippen LogP contribution in [0.15, 0.2) is 72.5 Å². The Morgan fingerprint density at radius 3 is 2.81 bits per heavy atom. The second-order valence-corrected chi connectivity index (χ2v) is 9.91. The molecule has 0 bridgehead atoms. The van der Waals surface area contributed by atoms with Crippen molar-refractivity contribution in [3.05, 3.63) is 88.8 Å². The van der Waals surface area contributed by atoms with Crippen molar-refractivity contribution in [3.63, 3.8) is 0 Å². The van der Waals surface area contributed by atoms with Gasteiger partial charge in [0.25, 0.3) is 5.91 Å². The molecule has 0 saturated carbocycles. The molecule has 1 atom stereocenters. The number of hydrogen-bond donors (Lipinski definition) is 1. The van der Waals surface area contributed by atoms with Crippen LogP contribution in [0.25, 0.3) is 11.2 Å². The highest BCUT2D eigenvalue weighted by molar-refractivity contribution is 6.33. The summed E-state index contributed by atoms with van der Waals surface area (Å²) >= 11 is 6.50. The average molecular weight is 522 g/mol. The van der Waals surface area contributed by atoms with E-state index in [0.29, 0.717) is 29.9 Å². The fraction of sp³-hybridized carbons (Fsp3) is 0.357. The van der Waals surface area contributed by atoms with Crippen molar-refractivity contribution < 1.29 is 14.6 Å². The van der Waals surface area contributed by atoms with Gasteiger partial charge in [0.05, 0.1) is 36.2 Å². The maximum atomic E-state index is 13.4. The average Bonchev–Trinajstić information content (AvgIpc) is 3.26. The predicted octanol–water partition coefficient (Wildman–Crippen LogP) is 3.39. The summed E-state index contributed by atoms with van der Waals surface area (Å²) in [4.78, 5) is 24.3. The summed E-state index contributed by atoms with van der Waals surface area (Å²) in [6.07, 6.45) is 17.4. The highest BCUT2D eigenvalue weighted by Crippen LogP contribution is 2.28. The van der Waals surface area contributed by atoms with E-state index in [1.807, 2.05) is 60.3 Å². The number of aliphatic hydroxyl groups is 1. The van der Waals surface area contributed by atoms with Crippen LogP contribution in [-0.2, 0) is 9.53 Å². The van der Waals surface area contributed by atoms with Crippen LogP contribution < -0.4 is 0 Å². The van der Waals surface area contributed by atoms with E-state index < -0.39 is 0 Å². The zero-order valence-corrected chi connectivity index (χ0v) is 21.9. The van der Waals surface area contributed by atoms with Crippen LogP contribution >= 0.6 is 11.6 Å². The van der Waals surface area contributed by atoms with Crippen molar-refractivity contribution in [1.29, 1.82) is 0 Å². The van der Waals surface area contributed by atoms with E-state index in [1.54, 1.807) is 11.0 Å². The number of halogens is 1. The molecule has 0 unspecified atom stereocenters. The Labute approximate surface area is 222 Å². The van der Waals surface area contributed by atoms with E-state index in [-0.39, 0.29) is 12.5 Å². The highest BCUT2D eigenvalue weighted by Gasteiger charge is 2.27. The van der Waals surface area contributed by atoms with Gasteiger partial charge in [-0.05, 0) is 43.7 Å². The van der Waals surface area contributed by atoms with E-state index in [4.69, 9.17) is 21.4 Å². The van der Waals surface area contributed by atoms with Gasteiger partial charge in [0.15, 0.2) is 5.65 Å². The Bertz CT molecular complexity index is 1340. The fourth-order valence-electron chi connectivity index (χ4n) is 4.94. The van der Waals surface area contributed by atoms with E-state index in [0.717, 1.165) is 54.4 Å². The molecule has 0 aromatic carbocycles. The Kier molecular flexibility index (Phi) is 7.62. The van der Waals surface area contributed by atoms with Crippen molar-refractivity contribution in [2.75, 3.05) is 46.0 Å². The number of aryl methyl sites for hydroxylation is 1. The molecule has 5 heterocycles. The smallest absolute Gasteiger partial charge is 0.255 e. The zero-order valence-electron chi connectivity index (χ0n) is 21.2. The predicted molar refractivity (Wildman–Crippen MR) is 145 cm³/mol. The van der Waals surface area contributed by atoms with Crippen LogP contribution in [0.1, 0.15) is 18.2 Å². The Morgan fingerprint density at radius 1 is 1.16 bits per heavy atom. The van der Waals surface area contributed by atoms with Gasteiger partial charge in [-0.15, -0.1) is 0 Å². The number of imidazole rings is 1. The summed E-state index contributed by atoms with van der Waals surface area (Å²) < 4.78 is 7.33. The first-order valence-corrected chi connectivity index (χ1v) is 13.0. The highest BCUT2D eigenvalue weighted by atomic mass is 35.5. The standard InChI is InChI=1S/C28H32ClN5O3/c1-20-16-33-18-23(14-26(29)28(33)30-20)22-4-3-5-24-6-7-25(19-34(24)27(36)15-22)32-9-8-31(21(2)17-32)10-12-37-13-11-35/h3-7,14-16,18-19,21,35H,8-13,17H2,1-2H3/b4-3?,22-15?,24-5+/t21-/m0/s1. The van der Waals surface area contributed by atoms with E-state index in [9.17, 15) is 4.79 Å². The first-order valence-electron chi connectivity index (χ1n) is 12.6. The molecule has 1 N–H and O–H groups in total. The fourth-order valence-corrected chi connectivity index (χ4v) is 5.20. The largest absolute Gasteiger partial charge is 0.394 e. The lowest BCUT2D eigenvalue weighted by molar-refractivity contribution is -0.122. The third-order valence-corrected chi connectivity index (χ3v) is 7.15. The van der Waals surface area contributed by atoms with Crippen molar-refractivity contribution in [2.45, 2.75) is 19.9 Å². The van der Waals surface area contributed by atoms with Crippen LogP contribution in [0, 0.1) is 6.92 Å². The third kappa shape index (κ3) is 5.57. The van der Waals surface area contributed by atoms with Crippen molar-refractivity contribution in [2.24, 2.45) is 0 Å². The van der Waals surface area contributed by atoms with Crippen molar-refractivity contribution in [3.8, 4) is 0 Å². The van der Waals surface area contributed by atoms with Gasteiger partial charge in [0.1, 0.15) is 0 Å². The lowest BCUT2D eigenvalue weighted by atomic mass is 10.0. The molecule has 194 valence electrons. The van der Waals surface area contributed by atoms with Gasteiger partial charge < -0.3 is 19.1 Å². The second-order valence-electron chi connectivity index (χ2n) is 9.50. The van der Waals surface area contributed by atoms with E-state index in [1.165, 1.54) is 0 Å². The minimum Gasteiger partial charge on any atom is -0.394 e. The zero-order chi connectivity index (χ0) is 25.9. The quantitative estimate of drug-likeness (QED) is 0.563. The molecule has 8 nitrogen and oxygen atoms in total. The molecule has 2 aromatic heterocycles. The maximum Gasteiger partial charge on any atom is 0.255 e. The van der Waals surface area contributed by atoms with Crippen LogP contribution in [0.3, 0.4) is 0 Å². The summed E-state index contributed by atoms with van der Waals surface area (Å²) in [7, 11) is 0. The molecular formula is C28H32ClN5O3. The Hall–Kier alpha value is -3.17. The number of fused-ring (bicyclic) bond motifs is 2. The molecule has 1 saturated heterocycles. The summed E-state index contributed by atoms with van der Waals surface area (Å²) in [5.74, 6) is -0.113. The molecule has 3 aliphatic rings. The normalized spacial score (nSPS) is 21.9. The summed E-state index contributed by atoms with van der Waals surface area (Å²) in [5.41, 5.74) is 5.06. The van der Waals surface area contributed by atoms with Gasteiger partial charge in [0.2, 0.25) is 0 Å². The van der Waals surface area contributed by atoms with Gasteiger partial charge in [-0.25, -0.2) is 4.98 Å². The van der Waals surface area contributed by atoms with Gasteiger partial charge in [-0.2, -0.15) is 0 Å². The number of piperazine rings is 1. The molecule has 1 fully saturated rings. The van der Waals surface area contributed by atoms with Crippen molar-refractivity contribution >= 4 is 28.7 Å². The number of rotatable bonds is 7. The number of hydrogen-bond acceptors (Lipinski definition) is 6. The molecule has 0 spiro atoms. The van der Waals surface area contributed by atoms with E-state index >= 15 is 0 Å². The summed E-state index contributed by atoms with van der Waals surface area (Å²) in [5, 5.41) is 9.43. The molecule has 2 aromatic rings. The number of nitrogens with zero attached hydrogens (tertiary/aromatic N) is 5. The van der Waals surface area contributed by atoms with Crippen LogP contribution in [0.5, 0.6) is 0 Å². The molecule has 5 rings (SSSR count). The number of amides is 1. The van der Waals surface area contributed by atoms with E-state index in [2.05, 4.69) is 27.8 Å². The Balaban J connectivity index is 1.33. The number of ether oxygens (including phenoxy) is 1.